The van der Waals surface area contributed by atoms with Crippen molar-refractivity contribution in [3.05, 3.63) is 0 Å². The van der Waals surface area contributed by atoms with E-state index >= 15 is 0 Å². The van der Waals surface area contributed by atoms with E-state index in [1.165, 1.54) is 19.3 Å². The standard InChI is InChI=1S/C13H26N2O/c1-10(12-6-7-16-9-12)14-8-13(15(2)3)11-4-5-11/h10-14H,4-9H2,1-3H3. The molecule has 2 rings (SSSR count). The van der Waals surface area contributed by atoms with Crippen molar-refractivity contribution in [2.75, 3.05) is 33.9 Å². The normalized spacial score (nSPS) is 29.6. The first kappa shape index (κ1) is 12.3. The van der Waals surface area contributed by atoms with Gasteiger partial charge in [0.1, 0.15) is 0 Å². The third-order valence-corrected chi connectivity index (χ3v) is 4.15. The third kappa shape index (κ3) is 3.19. The van der Waals surface area contributed by atoms with E-state index in [1.54, 1.807) is 0 Å². The Labute approximate surface area is 99.5 Å². The van der Waals surface area contributed by atoms with Crippen molar-refractivity contribution in [1.82, 2.24) is 10.2 Å². The average molecular weight is 226 g/mol. The fourth-order valence-electron chi connectivity index (χ4n) is 2.67. The predicted molar refractivity (Wildman–Crippen MR) is 66.6 cm³/mol. The molecule has 1 heterocycles. The summed E-state index contributed by atoms with van der Waals surface area (Å²) in [5, 5.41) is 3.71. The van der Waals surface area contributed by atoms with Crippen LogP contribution in [0, 0.1) is 11.8 Å². The molecule has 1 aliphatic heterocycles. The van der Waals surface area contributed by atoms with Crippen LogP contribution in [0.4, 0.5) is 0 Å². The molecule has 2 aliphatic rings. The molecule has 1 aliphatic carbocycles. The summed E-state index contributed by atoms with van der Waals surface area (Å²) >= 11 is 0. The zero-order valence-electron chi connectivity index (χ0n) is 10.9. The number of hydrogen-bond donors (Lipinski definition) is 1. The van der Waals surface area contributed by atoms with Crippen molar-refractivity contribution >= 4 is 0 Å². The summed E-state index contributed by atoms with van der Waals surface area (Å²) in [4.78, 5) is 2.38. The minimum Gasteiger partial charge on any atom is -0.381 e. The highest BCUT2D eigenvalue weighted by molar-refractivity contribution is 4.89. The van der Waals surface area contributed by atoms with E-state index in [0.29, 0.717) is 6.04 Å². The molecule has 3 nitrogen and oxygen atoms in total. The van der Waals surface area contributed by atoms with Gasteiger partial charge in [-0.15, -0.1) is 0 Å². The summed E-state index contributed by atoms with van der Waals surface area (Å²) < 4.78 is 5.44. The van der Waals surface area contributed by atoms with Crippen LogP contribution in [0.15, 0.2) is 0 Å². The Hall–Kier alpha value is -0.120. The van der Waals surface area contributed by atoms with Crippen molar-refractivity contribution in [3.8, 4) is 0 Å². The SMILES string of the molecule is CC(NCC(C1CC1)N(C)C)C1CCOC1. The van der Waals surface area contributed by atoms with Crippen LogP contribution in [0.5, 0.6) is 0 Å². The van der Waals surface area contributed by atoms with Gasteiger partial charge in [0.25, 0.3) is 0 Å². The van der Waals surface area contributed by atoms with E-state index in [1.807, 2.05) is 0 Å². The first-order valence-electron chi connectivity index (χ1n) is 6.66. The van der Waals surface area contributed by atoms with Crippen LogP contribution in [0.3, 0.4) is 0 Å². The lowest BCUT2D eigenvalue weighted by Crippen LogP contribution is -2.44. The lowest BCUT2D eigenvalue weighted by atomic mass is 10.00. The number of ether oxygens (including phenoxy) is 1. The monoisotopic (exact) mass is 226 g/mol. The molecule has 3 unspecified atom stereocenters. The molecule has 1 saturated heterocycles. The second kappa shape index (κ2) is 5.48. The van der Waals surface area contributed by atoms with Crippen LogP contribution >= 0.6 is 0 Å². The molecule has 3 atom stereocenters. The van der Waals surface area contributed by atoms with Gasteiger partial charge in [-0.05, 0) is 52.1 Å². The molecule has 94 valence electrons. The smallest absolute Gasteiger partial charge is 0.0509 e. The van der Waals surface area contributed by atoms with Gasteiger partial charge in [-0.2, -0.15) is 0 Å². The second-order valence-corrected chi connectivity index (χ2v) is 5.69. The molecule has 16 heavy (non-hydrogen) atoms. The molecule has 0 spiro atoms. The van der Waals surface area contributed by atoms with E-state index < -0.39 is 0 Å². The van der Waals surface area contributed by atoms with Crippen LogP contribution in [-0.2, 0) is 4.74 Å². The van der Waals surface area contributed by atoms with Crippen LogP contribution in [0.1, 0.15) is 26.2 Å². The molecule has 3 heteroatoms. The van der Waals surface area contributed by atoms with Crippen molar-refractivity contribution < 1.29 is 4.74 Å². The first-order valence-corrected chi connectivity index (χ1v) is 6.66. The van der Waals surface area contributed by atoms with Gasteiger partial charge in [0.15, 0.2) is 0 Å². The second-order valence-electron chi connectivity index (χ2n) is 5.69. The molecular formula is C13H26N2O. The van der Waals surface area contributed by atoms with Crippen molar-refractivity contribution in [2.24, 2.45) is 11.8 Å². The molecule has 0 radical (unpaired) electrons. The zero-order valence-corrected chi connectivity index (χ0v) is 10.9. The lowest BCUT2D eigenvalue weighted by molar-refractivity contribution is 0.175. The maximum Gasteiger partial charge on any atom is 0.0509 e. The Morgan fingerprint density at radius 1 is 1.25 bits per heavy atom. The number of nitrogens with one attached hydrogen (secondary N) is 1. The van der Waals surface area contributed by atoms with Gasteiger partial charge in [-0.1, -0.05) is 0 Å². The molecular weight excluding hydrogens is 200 g/mol. The summed E-state index contributed by atoms with van der Waals surface area (Å²) in [7, 11) is 4.40. The van der Waals surface area contributed by atoms with Gasteiger partial charge in [0, 0.05) is 25.2 Å². The van der Waals surface area contributed by atoms with Crippen molar-refractivity contribution in [2.45, 2.75) is 38.3 Å². The Morgan fingerprint density at radius 3 is 2.50 bits per heavy atom. The third-order valence-electron chi connectivity index (χ3n) is 4.15. The summed E-state index contributed by atoms with van der Waals surface area (Å²) in [5.41, 5.74) is 0. The van der Waals surface area contributed by atoms with Gasteiger partial charge in [-0.25, -0.2) is 0 Å². The highest BCUT2D eigenvalue weighted by Gasteiger charge is 2.33. The molecule has 0 amide bonds. The van der Waals surface area contributed by atoms with Gasteiger partial charge in [-0.3, -0.25) is 0 Å². The Balaban J connectivity index is 1.71. The van der Waals surface area contributed by atoms with E-state index in [9.17, 15) is 0 Å². The van der Waals surface area contributed by atoms with Gasteiger partial charge < -0.3 is 15.0 Å². The topological polar surface area (TPSA) is 24.5 Å². The molecule has 0 aromatic heterocycles. The average Bonchev–Trinajstić information content (AvgIpc) is 2.93. The largest absolute Gasteiger partial charge is 0.381 e. The van der Waals surface area contributed by atoms with Gasteiger partial charge >= 0.3 is 0 Å². The highest BCUT2D eigenvalue weighted by Crippen LogP contribution is 2.34. The maximum atomic E-state index is 5.44. The predicted octanol–water partition coefficient (Wildman–Crippen LogP) is 1.34. The van der Waals surface area contributed by atoms with Gasteiger partial charge in [0.05, 0.1) is 6.61 Å². The van der Waals surface area contributed by atoms with E-state index in [0.717, 1.165) is 37.6 Å². The zero-order chi connectivity index (χ0) is 11.5. The summed E-state index contributed by atoms with van der Waals surface area (Å²) in [6.45, 7) is 5.34. The molecule has 1 saturated carbocycles. The van der Waals surface area contributed by atoms with E-state index in [2.05, 4.69) is 31.2 Å². The Bertz CT molecular complexity index is 208. The fraction of sp³-hybridized carbons (Fsp3) is 1.00. The fourth-order valence-corrected chi connectivity index (χ4v) is 2.67. The molecule has 0 aromatic carbocycles. The highest BCUT2D eigenvalue weighted by atomic mass is 16.5. The number of rotatable bonds is 6. The Morgan fingerprint density at radius 2 is 2.00 bits per heavy atom. The minimum atomic E-state index is 0.601. The first-order chi connectivity index (χ1) is 7.68. The van der Waals surface area contributed by atoms with E-state index in [-0.39, 0.29) is 0 Å². The molecule has 0 bridgehead atoms. The number of nitrogens with zero attached hydrogens (tertiary/aromatic N) is 1. The number of likely N-dealkylation sites (N-methyl/N-ethyl adjacent to an activating group) is 1. The summed E-state index contributed by atoms with van der Waals surface area (Å²) in [6.07, 6.45) is 4.07. The number of hydrogen-bond acceptors (Lipinski definition) is 3. The van der Waals surface area contributed by atoms with Crippen molar-refractivity contribution in [3.63, 3.8) is 0 Å². The molecule has 0 aromatic rings. The maximum absolute atomic E-state index is 5.44. The van der Waals surface area contributed by atoms with Crippen LogP contribution < -0.4 is 5.32 Å². The molecule has 2 fully saturated rings. The van der Waals surface area contributed by atoms with Crippen LogP contribution in [0.2, 0.25) is 0 Å². The lowest BCUT2D eigenvalue weighted by Gasteiger charge is -2.28. The summed E-state index contributed by atoms with van der Waals surface area (Å²) in [6, 6.07) is 1.33. The minimum absolute atomic E-state index is 0.601. The van der Waals surface area contributed by atoms with Crippen LogP contribution in [-0.4, -0.2) is 50.8 Å². The van der Waals surface area contributed by atoms with Crippen molar-refractivity contribution in [1.29, 1.82) is 0 Å². The summed E-state index contributed by atoms with van der Waals surface area (Å²) in [5.74, 6) is 1.66. The Kier molecular flexibility index (Phi) is 4.22. The van der Waals surface area contributed by atoms with Crippen LogP contribution in [0.25, 0.3) is 0 Å². The van der Waals surface area contributed by atoms with Gasteiger partial charge in [0.2, 0.25) is 0 Å². The quantitative estimate of drug-likeness (QED) is 0.740. The van der Waals surface area contributed by atoms with E-state index in [4.69, 9.17) is 4.74 Å². The molecule has 1 N–H and O–H groups in total.